The molecule has 2 aromatic rings. The van der Waals surface area contributed by atoms with Crippen LogP contribution in [0.5, 0.6) is 0 Å². The van der Waals surface area contributed by atoms with Crippen molar-refractivity contribution >= 4 is 33.0 Å². The fraction of sp³-hybridized carbons (Fsp3) is 0.381. The van der Waals surface area contributed by atoms with Gasteiger partial charge < -0.3 is 4.90 Å². The van der Waals surface area contributed by atoms with Crippen LogP contribution in [0.1, 0.15) is 11.1 Å². The van der Waals surface area contributed by atoms with Crippen molar-refractivity contribution in [2.75, 3.05) is 29.5 Å². The predicted octanol–water partition coefficient (Wildman–Crippen LogP) is 2.71. The van der Waals surface area contributed by atoms with Crippen molar-refractivity contribution in [3.63, 3.8) is 0 Å². The number of sulfone groups is 1. The smallest absolute Gasteiger partial charge is 0.241 e. The zero-order valence-corrected chi connectivity index (χ0v) is 17.3. The molecule has 7 heteroatoms. The number of piperazine rings is 1. The van der Waals surface area contributed by atoms with Gasteiger partial charge in [-0.1, -0.05) is 35.9 Å². The number of amides is 1. The van der Waals surface area contributed by atoms with E-state index in [-0.39, 0.29) is 36.0 Å². The van der Waals surface area contributed by atoms with Gasteiger partial charge in [0.15, 0.2) is 9.84 Å². The van der Waals surface area contributed by atoms with Crippen LogP contribution >= 0.6 is 11.6 Å². The lowest BCUT2D eigenvalue weighted by molar-refractivity contribution is -0.123. The summed E-state index contributed by atoms with van der Waals surface area (Å²) in [4.78, 5) is 16.7. The molecule has 2 saturated heterocycles. The molecule has 148 valence electrons. The van der Waals surface area contributed by atoms with Gasteiger partial charge in [-0.05, 0) is 48.7 Å². The van der Waals surface area contributed by atoms with Crippen molar-refractivity contribution in [3.05, 3.63) is 64.7 Å². The van der Waals surface area contributed by atoms with Crippen LogP contribution in [0.25, 0.3) is 0 Å². The Hall–Kier alpha value is -1.89. The average molecular weight is 419 g/mol. The molecular formula is C21H23ClN2O3S. The maximum Gasteiger partial charge on any atom is 0.241 e. The number of rotatable bonds is 4. The molecule has 4 rings (SSSR count). The van der Waals surface area contributed by atoms with Crippen LogP contribution in [0.15, 0.2) is 48.5 Å². The first-order valence-electron chi connectivity index (χ1n) is 9.40. The molecule has 1 amide bonds. The van der Waals surface area contributed by atoms with E-state index in [0.717, 1.165) is 23.2 Å². The number of halogens is 1. The van der Waals surface area contributed by atoms with Crippen LogP contribution in [0.4, 0.5) is 5.69 Å². The van der Waals surface area contributed by atoms with E-state index in [1.54, 1.807) is 4.90 Å². The molecule has 0 unspecified atom stereocenters. The van der Waals surface area contributed by atoms with Crippen LogP contribution in [-0.4, -0.2) is 55.9 Å². The van der Waals surface area contributed by atoms with Crippen LogP contribution < -0.4 is 4.90 Å². The molecule has 0 bridgehead atoms. The maximum atomic E-state index is 13.0. The van der Waals surface area contributed by atoms with Crippen molar-refractivity contribution in [1.29, 1.82) is 0 Å². The lowest BCUT2D eigenvalue weighted by Crippen LogP contribution is -2.62. The molecule has 2 heterocycles. The number of hydrogen-bond acceptors (Lipinski definition) is 4. The van der Waals surface area contributed by atoms with E-state index < -0.39 is 9.84 Å². The SMILES string of the molecule is Cc1cccc(N2C(=O)CN(CCc3ccc(Cl)cc3)[C@H]3CS(=O)(=O)C[C@H]32)c1. The molecule has 2 fully saturated rings. The largest absolute Gasteiger partial charge is 0.306 e. The fourth-order valence-electron chi connectivity index (χ4n) is 4.24. The molecule has 0 aromatic heterocycles. The number of carbonyl (C=O) groups is 1. The second-order valence-electron chi connectivity index (χ2n) is 7.66. The van der Waals surface area contributed by atoms with Gasteiger partial charge in [-0.2, -0.15) is 0 Å². The van der Waals surface area contributed by atoms with Crippen molar-refractivity contribution in [1.82, 2.24) is 4.90 Å². The first kappa shape index (κ1) is 19.4. The summed E-state index contributed by atoms with van der Waals surface area (Å²) >= 11 is 5.94. The standard InChI is InChI=1S/C21H23ClN2O3S/c1-15-3-2-4-18(11-15)24-20-14-28(26,27)13-19(20)23(12-21(24)25)10-9-16-5-7-17(22)8-6-16/h2-8,11,19-20H,9-10,12-14H2,1H3/t19-,20+/m0/s1. The summed E-state index contributed by atoms with van der Waals surface area (Å²) < 4.78 is 24.9. The topological polar surface area (TPSA) is 57.7 Å². The van der Waals surface area contributed by atoms with Gasteiger partial charge >= 0.3 is 0 Å². The molecule has 0 spiro atoms. The monoisotopic (exact) mass is 418 g/mol. The quantitative estimate of drug-likeness (QED) is 0.766. The Bertz CT molecular complexity index is 991. The van der Waals surface area contributed by atoms with Crippen molar-refractivity contribution in [2.24, 2.45) is 0 Å². The third kappa shape index (κ3) is 3.95. The number of carbonyl (C=O) groups excluding carboxylic acids is 1. The van der Waals surface area contributed by atoms with E-state index in [1.165, 1.54) is 0 Å². The van der Waals surface area contributed by atoms with Gasteiger partial charge in [-0.15, -0.1) is 0 Å². The Labute approximate surface area is 170 Å². The lowest BCUT2D eigenvalue weighted by Gasteiger charge is -2.43. The molecular weight excluding hydrogens is 396 g/mol. The second-order valence-corrected chi connectivity index (χ2v) is 10.3. The van der Waals surface area contributed by atoms with E-state index in [9.17, 15) is 13.2 Å². The van der Waals surface area contributed by atoms with E-state index in [0.29, 0.717) is 11.6 Å². The van der Waals surface area contributed by atoms with Crippen molar-refractivity contribution in [3.8, 4) is 0 Å². The molecule has 0 aliphatic carbocycles. The normalized spacial score (nSPS) is 24.4. The summed E-state index contributed by atoms with van der Waals surface area (Å²) in [6.45, 7) is 2.85. The Morgan fingerprint density at radius 3 is 2.50 bits per heavy atom. The minimum Gasteiger partial charge on any atom is -0.306 e. The zero-order valence-electron chi connectivity index (χ0n) is 15.7. The third-order valence-corrected chi connectivity index (χ3v) is 7.53. The summed E-state index contributed by atoms with van der Waals surface area (Å²) in [5.74, 6) is 0.0860. The highest BCUT2D eigenvalue weighted by Gasteiger charge is 2.49. The van der Waals surface area contributed by atoms with Gasteiger partial charge in [0, 0.05) is 23.3 Å². The molecule has 0 saturated carbocycles. The summed E-state index contributed by atoms with van der Waals surface area (Å²) in [6, 6.07) is 14.8. The van der Waals surface area contributed by atoms with Gasteiger partial charge in [0.05, 0.1) is 24.1 Å². The number of anilines is 1. The summed E-state index contributed by atoms with van der Waals surface area (Å²) in [6.07, 6.45) is 0.748. The molecule has 2 aromatic carbocycles. The number of benzene rings is 2. The number of hydrogen-bond donors (Lipinski definition) is 0. The summed E-state index contributed by atoms with van der Waals surface area (Å²) in [7, 11) is -3.18. The first-order valence-corrected chi connectivity index (χ1v) is 11.6. The van der Waals surface area contributed by atoms with Crippen molar-refractivity contribution in [2.45, 2.75) is 25.4 Å². The zero-order chi connectivity index (χ0) is 19.9. The van der Waals surface area contributed by atoms with Gasteiger partial charge in [0.1, 0.15) is 0 Å². The molecule has 0 radical (unpaired) electrons. The van der Waals surface area contributed by atoms with Crippen LogP contribution in [0.2, 0.25) is 5.02 Å². The first-order chi connectivity index (χ1) is 13.3. The molecule has 0 N–H and O–H groups in total. The number of aryl methyl sites for hydroxylation is 1. The van der Waals surface area contributed by atoms with Gasteiger partial charge in [0.25, 0.3) is 0 Å². The van der Waals surface area contributed by atoms with Gasteiger partial charge in [-0.3, -0.25) is 9.69 Å². The van der Waals surface area contributed by atoms with E-state index in [1.807, 2.05) is 60.4 Å². The number of nitrogens with zero attached hydrogens (tertiary/aromatic N) is 2. The Morgan fingerprint density at radius 1 is 1.07 bits per heavy atom. The van der Waals surface area contributed by atoms with Gasteiger partial charge in [-0.25, -0.2) is 8.42 Å². The molecule has 2 aliphatic heterocycles. The lowest BCUT2D eigenvalue weighted by atomic mass is 10.0. The van der Waals surface area contributed by atoms with Crippen molar-refractivity contribution < 1.29 is 13.2 Å². The van der Waals surface area contributed by atoms with E-state index in [2.05, 4.69) is 0 Å². The molecule has 28 heavy (non-hydrogen) atoms. The number of fused-ring (bicyclic) bond motifs is 1. The highest BCUT2D eigenvalue weighted by atomic mass is 35.5. The molecule has 5 nitrogen and oxygen atoms in total. The summed E-state index contributed by atoms with van der Waals surface area (Å²) in [5.41, 5.74) is 2.96. The molecule has 2 aliphatic rings. The minimum absolute atomic E-state index is 0.0226. The fourth-order valence-corrected chi connectivity index (χ4v) is 6.35. The second kappa shape index (κ2) is 7.50. The highest BCUT2D eigenvalue weighted by molar-refractivity contribution is 7.91. The Balaban J connectivity index is 1.58. The van der Waals surface area contributed by atoms with Crippen LogP contribution in [-0.2, 0) is 21.1 Å². The Morgan fingerprint density at radius 2 is 1.79 bits per heavy atom. The third-order valence-electron chi connectivity index (χ3n) is 5.58. The van der Waals surface area contributed by atoms with E-state index in [4.69, 9.17) is 11.6 Å². The van der Waals surface area contributed by atoms with Gasteiger partial charge in [0.2, 0.25) is 5.91 Å². The molecule has 2 atom stereocenters. The minimum atomic E-state index is -3.18. The Kier molecular flexibility index (Phi) is 5.21. The highest BCUT2D eigenvalue weighted by Crippen LogP contribution is 2.32. The average Bonchev–Trinajstić information content (AvgIpc) is 2.96. The van der Waals surface area contributed by atoms with Crippen LogP contribution in [0, 0.1) is 6.92 Å². The van der Waals surface area contributed by atoms with E-state index >= 15 is 0 Å². The van der Waals surface area contributed by atoms with Crippen LogP contribution in [0.3, 0.4) is 0 Å². The summed E-state index contributed by atoms with van der Waals surface area (Å²) in [5, 5.41) is 0.688. The predicted molar refractivity (Wildman–Crippen MR) is 112 cm³/mol. The maximum absolute atomic E-state index is 13.0.